The normalized spacial score (nSPS) is 25.0. The van der Waals surface area contributed by atoms with Crippen LogP contribution in [0.3, 0.4) is 0 Å². The van der Waals surface area contributed by atoms with E-state index >= 15 is 0 Å². The summed E-state index contributed by atoms with van der Waals surface area (Å²) >= 11 is 0. The lowest BCUT2D eigenvalue weighted by atomic mass is 9.95. The highest BCUT2D eigenvalue weighted by molar-refractivity contribution is 5.51. The Bertz CT molecular complexity index is 393. The lowest BCUT2D eigenvalue weighted by molar-refractivity contribution is -0.0183. The van der Waals surface area contributed by atoms with Gasteiger partial charge in [-0.05, 0) is 38.4 Å². The first-order valence-corrected chi connectivity index (χ1v) is 6.49. The Morgan fingerprint density at radius 2 is 2.22 bits per heavy atom. The number of rotatable bonds is 4. The molecule has 3 N–H and O–H groups in total. The van der Waals surface area contributed by atoms with E-state index in [-0.39, 0.29) is 0 Å². The number of para-hydroxylation sites is 2. The van der Waals surface area contributed by atoms with E-state index in [1.165, 1.54) is 0 Å². The smallest absolute Gasteiger partial charge is 0.142 e. The van der Waals surface area contributed by atoms with Crippen molar-refractivity contribution in [2.75, 3.05) is 32.0 Å². The molecule has 18 heavy (non-hydrogen) atoms. The monoisotopic (exact) mass is 250 g/mol. The minimum Gasteiger partial charge on any atom is -0.490 e. The predicted molar refractivity (Wildman–Crippen MR) is 72.6 cm³/mol. The summed E-state index contributed by atoms with van der Waals surface area (Å²) in [5, 5.41) is 10.0. The number of benzene rings is 1. The van der Waals surface area contributed by atoms with Crippen LogP contribution in [0, 0.1) is 0 Å². The van der Waals surface area contributed by atoms with Crippen molar-refractivity contribution in [3.05, 3.63) is 24.3 Å². The van der Waals surface area contributed by atoms with E-state index in [0.717, 1.165) is 38.2 Å². The number of aliphatic hydroxyl groups is 1. The average Bonchev–Trinajstić information content (AvgIpc) is 2.30. The summed E-state index contributed by atoms with van der Waals surface area (Å²) in [7, 11) is 0. The lowest BCUT2D eigenvalue weighted by Crippen LogP contribution is -2.47. The summed E-state index contributed by atoms with van der Waals surface area (Å²) in [5.74, 6) is 0.737. The first-order chi connectivity index (χ1) is 8.57. The van der Waals surface area contributed by atoms with Gasteiger partial charge in [0, 0.05) is 13.1 Å². The first-order valence-electron chi connectivity index (χ1n) is 6.49. The summed E-state index contributed by atoms with van der Waals surface area (Å²) < 4.78 is 5.66. The maximum absolute atomic E-state index is 10.0. The number of piperidine rings is 1. The highest BCUT2D eigenvalue weighted by Crippen LogP contribution is 2.21. The Kier molecular flexibility index (Phi) is 4.09. The van der Waals surface area contributed by atoms with Gasteiger partial charge in [-0.25, -0.2) is 0 Å². The highest BCUT2D eigenvalue weighted by Gasteiger charge is 2.27. The first kappa shape index (κ1) is 13.2. The third-order valence-electron chi connectivity index (χ3n) is 3.34. The Hall–Kier alpha value is -1.26. The van der Waals surface area contributed by atoms with E-state index in [9.17, 15) is 5.11 Å². The molecule has 1 atom stereocenters. The van der Waals surface area contributed by atoms with E-state index < -0.39 is 5.60 Å². The molecule has 0 saturated carbocycles. The Balaban J connectivity index is 1.77. The highest BCUT2D eigenvalue weighted by atomic mass is 16.5. The molecule has 2 rings (SSSR count). The molecule has 0 spiro atoms. The van der Waals surface area contributed by atoms with Crippen molar-refractivity contribution in [1.29, 1.82) is 0 Å². The number of β-amino-alcohol motifs (C(OH)–C–C–N with tert-alkyl or cyclic N) is 1. The Morgan fingerprint density at radius 3 is 2.94 bits per heavy atom. The zero-order chi connectivity index (χ0) is 13.0. The fraction of sp³-hybridized carbons (Fsp3) is 0.571. The molecule has 1 aliphatic rings. The second-order valence-corrected chi connectivity index (χ2v) is 5.26. The molecule has 0 bridgehead atoms. The second-order valence-electron chi connectivity index (χ2n) is 5.26. The van der Waals surface area contributed by atoms with Gasteiger partial charge in [0.1, 0.15) is 12.4 Å². The van der Waals surface area contributed by atoms with E-state index in [2.05, 4.69) is 4.90 Å². The summed E-state index contributed by atoms with van der Waals surface area (Å²) in [5.41, 5.74) is 5.92. The third kappa shape index (κ3) is 3.62. The van der Waals surface area contributed by atoms with E-state index in [4.69, 9.17) is 10.5 Å². The Labute approximate surface area is 108 Å². The minimum atomic E-state index is -0.552. The van der Waals surface area contributed by atoms with E-state index in [0.29, 0.717) is 12.3 Å². The molecule has 0 radical (unpaired) electrons. The van der Waals surface area contributed by atoms with Gasteiger partial charge in [0.2, 0.25) is 0 Å². The number of nitrogens with zero attached hydrogens (tertiary/aromatic N) is 1. The van der Waals surface area contributed by atoms with Crippen LogP contribution in [0.5, 0.6) is 5.75 Å². The van der Waals surface area contributed by atoms with Crippen LogP contribution < -0.4 is 10.5 Å². The quantitative estimate of drug-likeness (QED) is 0.795. The molecule has 100 valence electrons. The van der Waals surface area contributed by atoms with Crippen LogP contribution in [-0.2, 0) is 0 Å². The SMILES string of the molecule is CC1(O)CCCN(CCOc2ccccc2N)C1. The van der Waals surface area contributed by atoms with Gasteiger partial charge in [0.05, 0.1) is 11.3 Å². The van der Waals surface area contributed by atoms with Crippen molar-refractivity contribution < 1.29 is 9.84 Å². The molecular weight excluding hydrogens is 228 g/mol. The molecule has 1 fully saturated rings. The zero-order valence-corrected chi connectivity index (χ0v) is 10.9. The molecule has 1 heterocycles. The number of hydrogen-bond acceptors (Lipinski definition) is 4. The molecule has 1 aromatic rings. The van der Waals surface area contributed by atoms with Crippen LogP contribution in [0.4, 0.5) is 5.69 Å². The van der Waals surface area contributed by atoms with Crippen LogP contribution in [-0.4, -0.2) is 41.8 Å². The fourth-order valence-corrected chi connectivity index (χ4v) is 2.41. The van der Waals surface area contributed by atoms with Gasteiger partial charge in [-0.15, -0.1) is 0 Å². The third-order valence-corrected chi connectivity index (χ3v) is 3.34. The number of ether oxygens (including phenoxy) is 1. The Morgan fingerprint density at radius 1 is 1.44 bits per heavy atom. The van der Waals surface area contributed by atoms with Gasteiger partial charge in [-0.3, -0.25) is 4.90 Å². The number of nitrogen functional groups attached to an aromatic ring is 1. The van der Waals surface area contributed by atoms with Gasteiger partial charge >= 0.3 is 0 Å². The molecule has 4 nitrogen and oxygen atoms in total. The van der Waals surface area contributed by atoms with Crippen LogP contribution >= 0.6 is 0 Å². The second kappa shape index (κ2) is 5.59. The molecule has 0 aromatic heterocycles. The number of anilines is 1. The van der Waals surface area contributed by atoms with Crippen molar-refractivity contribution >= 4 is 5.69 Å². The van der Waals surface area contributed by atoms with Crippen LogP contribution in [0.2, 0.25) is 0 Å². The van der Waals surface area contributed by atoms with Gasteiger partial charge in [-0.1, -0.05) is 12.1 Å². The van der Waals surface area contributed by atoms with Crippen molar-refractivity contribution in [3.8, 4) is 5.75 Å². The fourth-order valence-electron chi connectivity index (χ4n) is 2.41. The van der Waals surface area contributed by atoms with Crippen molar-refractivity contribution in [2.24, 2.45) is 0 Å². The standard InChI is InChI=1S/C14H22N2O2/c1-14(17)7-4-8-16(11-14)9-10-18-13-6-3-2-5-12(13)15/h2-3,5-6,17H,4,7-11,15H2,1H3. The molecule has 1 saturated heterocycles. The molecule has 4 heteroatoms. The average molecular weight is 250 g/mol. The maximum atomic E-state index is 10.0. The molecule has 1 unspecified atom stereocenters. The predicted octanol–water partition coefficient (Wildman–Crippen LogP) is 1.49. The summed E-state index contributed by atoms with van der Waals surface area (Å²) in [6.07, 6.45) is 1.93. The lowest BCUT2D eigenvalue weighted by Gasteiger charge is -2.36. The maximum Gasteiger partial charge on any atom is 0.142 e. The number of nitrogens with two attached hydrogens (primary N) is 1. The molecule has 1 aliphatic heterocycles. The van der Waals surface area contributed by atoms with Crippen molar-refractivity contribution in [2.45, 2.75) is 25.4 Å². The number of hydrogen-bond donors (Lipinski definition) is 2. The van der Waals surface area contributed by atoms with Crippen LogP contribution in [0.1, 0.15) is 19.8 Å². The molecule has 0 aliphatic carbocycles. The minimum absolute atomic E-state index is 0.552. The van der Waals surface area contributed by atoms with E-state index in [1.54, 1.807) is 0 Å². The van der Waals surface area contributed by atoms with Gasteiger partial charge < -0.3 is 15.6 Å². The zero-order valence-electron chi connectivity index (χ0n) is 10.9. The summed E-state index contributed by atoms with van der Waals surface area (Å²) in [6.45, 7) is 5.08. The molecular formula is C14H22N2O2. The number of likely N-dealkylation sites (tertiary alicyclic amines) is 1. The summed E-state index contributed by atoms with van der Waals surface area (Å²) in [6, 6.07) is 7.52. The largest absolute Gasteiger partial charge is 0.490 e. The van der Waals surface area contributed by atoms with Gasteiger partial charge in [0.15, 0.2) is 0 Å². The molecule has 1 aromatic carbocycles. The van der Waals surface area contributed by atoms with E-state index in [1.807, 2.05) is 31.2 Å². The molecule has 0 amide bonds. The van der Waals surface area contributed by atoms with Crippen molar-refractivity contribution in [1.82, 2.24) is 4.90 Å². The van der Waals surface area contributed by atoms with Gasteiger partial charge in [-0.2, -0.15) is 0 Å². The van der Waals surface area contributed by atoms with Crippen molar-refractivity contribution in [3.63, 3.8) is 0 Å². The van der Waals surface area contributed by atoms with Crippen LogP contribution in [0.15, 0.2) is 24.3 Å². The summed E-state index contributed by atoms with van der Waals surface area (Å²) in [4.78, 5) is 2.24. The van der Waals surface area contributed by atoms with Gasteiger partial charge in [0.25, 0.3) is 0 Å². The van der Waals surface area contributed by atoms with Crippen LogP contribution in [0.25, 0.3) is 0 Å². The topological polar surface area (TPSA) is 58.7 Å².